The second-order valence-corrected chi connectivity index (χ2v) is 33.9. The van der Waals surface area contributed by atoms with E-state index in [9.17, 15) is 0 Å². The molecule has 0 radical (unpaired) electrons. The minimum absolute atomic E-state index is 0.0458. The van der Waals surface area contributed by atoms with E-state index in [1.807, 2.05) is 0 Å². The zero-order valence-electron chi connectivity index (χ0n) is 62.8. The van der Waals surface area contributed by atoms with Gasteiger partial charge in [-0.1, -0.05) is 315 Å². The number of hydrogen-bond acceptors (Lipinski definition) is 2. The summed E-state index contributed by atoms with van der Waals surface area (Å²) < 4.78 is 0. The lowest BCUT2D eigenvalue weighted by molar-refractivity contribution is 0.590. The molecule has 0 unspecified atom stereocenters. The molecule has 0 aromatic heterocycles. The van der Waals surface area contributed by atoms with E-state index in [1.165, 1.54) is 145 Å². The van der Waals surface area contributed by atoms with Crippen LogP contribution in [0.5, 0.6) is 0 Å². The molecule has 4 aliphatic carbocycles. The van der Waals surface area contributed by atoms with Gasteiger partial charge in [0.25, 0.3) is 0 Å². The highest BCUT2D eigenvalue weighted by atomic mass is 15.1. The Morgan fingerprint density at radius 1 is 0.212 bits per heavy atom. The average molecular weight is 1350 g/mol. The van der Waals surface area contributed by atoms with Crippen LogP contribution in [0.4, 0.5) is 34.1 Å². The molecule has 0 heterocycles. The molecule has 17 rings (SSSR count). The predicted octanol–water partition coefficient (Wildman–Crippen LogP) is 28.1. The van der Waals surface area contributed by atoms with E-state index in [0.717, 1.165) is 34.1 Å². The van der Waals surface area contributed by atoms with Crippen molar-refractivity contribution in [3.63, 3.8) is 0 Å². The number of fused-ring (bicyclic) bond motifs is 12. The van der Waals surface area contributed by atoms with Crippen LogP contribution in [0.25, 0.3) is 91.1 Å². The van der Waals surface area contributed by atoms with Crippen molar-refractivity contribution < 1.29 is 0 Å². The minimum atomic E-state index is -0.221. The molecule has 0 saturated carbocycles. The van der Waals surface area contributed by atoms with E-state index in [4.69, 9.17) is 0 Å². The molecule has 0 saturated heterocycles. The quantitative estimate of drug-likeness (QED) is 0.113. The van der Waals surface area contributed by atoms with Crippen LogP contribution in [0.2, 0.25) is 0 Å². The largest absolute Gasteiger partial charge is 0.310 e. The van der Waals surface area contributed by atoms with Crippen LogP contribution in [-0.2, 0) is 32.5 Å². The van der Waals surface area contributed by atoms with Crippen molar-refractivity contribution in [2.24, 2.45) is 0 Å². The van der Waals surface area contributed by atoms with Crippen molar-refractivity contribution in [1.82, 2.24) is 0 Å². The number of hydrogen-bond donors (Lipinski definition) is 0. The highest BCUT2D eigenvalue weighted by Gasteiger charge is 2.40. The van der Waals surface area contributed by atoms with Crippen molar-refractivity contribution in [3.05, 3.63) is 357 Å². The molecule has 0 aliphatic heterocycles. The second-order valence-electron chi connectivity index (χ2n) is 33.9. The summed E-state index contributed by atoms with van der Waals surface area (Å²) in [5, 5.41) is 0. The summed E-state index contributed by atoms with van der Waals surface area (Å²) in [5.41, 5.74) is 40.2. The molecule has 0 amide bonds. The summed E-state index contributed by atoms with van der Waals surface area (Å²) >= 11 is 0. The van der Waals surface area contributed by atoms with Gasteiger partial charge in [-0.3, -0.25) is 0 Å². The Morgan fingerprint density at radius 3 is 0.798 bits per heavy atom. The zero-order chi connectivity index (χ0) is 72.0. The van der Waals surface area contributed by atoms with Gasteiger partial charge in [0.05, 0.1) is 0 Å². The van der Waals surface area contributed by atoms with E-state index >= 15 is 0 Å². The first-order valence-electron chi connectivity index (χ1n) is 37.4. The van der Waals surface area contributed by atoms with Gasteiger partial charge < -0.3 is 9.80 Å². The van der Waals surface area contributed by atoms with Crippen molar-refractivity contribution >= 4 is 58.4 Å². The monoisotopic (exact) mass is 1340 g/mol. The summed E-state index contributed by atoms with van der Waals surface area (Å²) in [5.74, 6) is 0. The maximum absolute atomic E-state index is 2.45. The van der Waals surface area contributed by atoms with Gasteiger partial charge in [-0.25, -0.2) is 0 Å². The van der Waals surface area contributed by atoms with Gasteiger partial charge in [0.15, 0.2) is 0 Å². The van der Waals surface area contributed by atoms with Crippen LogP contribution in [0, 0.1) is 0 Å². The summed E-state index contributed by atoms with van der Waals surface area (Å²) in [4.78, 5) is 4.87. The lowest BCUT2D eigenvalue weighted by Crippen LogP contribution is -2.17. The van der Waals surface area contributed by atoms with Crippen LogP contribution >= 0.6 is 0 Å². The molecule has 13 aromatic rings. The van der Waals surface area contributed by atoms with Crippen molar-refractivity contribution in [1.29, 1.82) is 0 Å². The first-order valence-corrected chi connectivity index (χ1v) is 37.4. The Morgan fingerprint density at radius 2 is 0.452 bits per heavy atom. The van der Waals surface area contributed by atoms with Gasteiger partial charge in [-0.2, -0.15) is 0 Å². The molecule has 13 aromatic carbocycles. The lowest BCUT2D eigenvalue weighted by atomic mass is 9.81. The van der Waals surface area contributed by atoms with E-state index in [2.05, 4.69) is 410 Å². The molecule has 104 heavy (non-hydrogen) atoms. The summed E-state index contributed by atoms with van der Waals surface area (Å²) in [6.45, 7) is 32.7. The Hall–Kier alpha value is -11.1. The second kappa shape index (κ2) is 24.3. The Balaban J connectivity index is 0.593. The molecule has 0 atom stereocenters. The molecule has 2 heteroatoms. The standard InChI is InChI=1S/C102H92N2/c1-97(2,3)73-39-47-77(48-40-73)103(75-43-33-69(34-44-75)71-37-55-85-81-19-15-17-21-89(81)99(7,8)93(85)61-71)79-51-57-87-83-53-31-67(59-91(83)101(11,12)95(87)63-79)29-27-65-23-25-66(26-24-65)28-30-68-32-54-84-88-58-52-80(64-96(88)102(13,14)92(84)60-68)104(78-49-41-74(42-50-78)98(4,5)6)76-45-35-70(36-46-76)72-38-56-86-82-20-16-18-22-90(82)100(9,10)94(86)62-72/h15-64H,1-14H3/b29-27+,30-28+. The Bertz CT molecular complexity index is 5280. The molecule has 0 spiro atoms. The maximum Gasteiger partial charge on any atom is 0.0465 e. The minimum Gasteiger partial charge on any atom is -0.310 e. The van der Waals surface area contributed by atoms with Crippen molar-refractivity contribution in [3.8, 4) is 66.8 Å². The third kappa shape index (κ3) is 11.1. The predicted molar refractivity (Wildman–Crippen MR) is 445 cm³/mol. The zero-order valence-corrected chi connectivity index (χ0v) is 62.8. The highest BCUT2D eigenvalue weighted by Crippen LogP contribution is 2.56. The molecule has 0 N–H and O–H groups in total. The van der Waals surface area contributed by atoms with Crippen LogP contribution in [0.3, 0.4) is 0 Å². The van der Waals surface area contributed by atoms with Crippen LogP contribution in [0.1, 0.15) is 175 Å². The van der Waals surface area contributed by atoms with Crippen LogP contribution < -0.4 is 9.80 Å². The average Bonchev–Trinajstić information content (AvgIpc) is 1.51. The van der Waals surface area contributed by atoms with Gasteiger partial charge in [0, 0.05) is 55.8 Å². The maximum atomic E-state index is 2.45. The van der Waals surface area contributed by atoms with Gasteiger partial charge in [0.1, 0.15) is 0 Å². The SMILES string of the molecule is CC(C)(C)c1ccc(N(c2ccc(-c3ccc4c(c3)C(C)(C)c3ccccc3-4)cc2)c2ccc3c(c2)C(C)(C)c2cc(/C=C/c4ccc(/C=C/c5ccc6c(c5)C(C)(C)c5cc(N(c7ccc(-c8ccc9c(c8)C(C)(C)c8ccccc8-9)cc7)c7ccc(C(C)(C)C)cc7)ccc5-6)cc4)ccc2-3)cc1. The first-order chi connectivity index (χ1) is 49.8. The molecule has 4 aliphatic rings. The smallest absolute Gasteiger partial charge is 0.0465 e. The van der Waals surface area contributed by atoms with E-state index in [1.54, 1.807) is 0 Å². The molecule has 2 nitrogen and oxygen atoms in total. The first kappa shape index (κ1) is 66.2. The molecular formula is C102H92N2. The van der Waals surface area contributed by atoms with Gasteiger partial charge in [-0.05, 0) is 240 Å². The van der Waals surface area contributed by atoms with Crippen LogP contribution in [0.15, 0.2) is 279 Å². The number of benzene rings is 13. The fourth-order valence-electron chi connectivity index (χ4n) is 17.6. The summed E-state index contributed by atoms with van der Waals surface area (Å²) in [7, 11) is 0. The topological polar surface area (TPSA) is 6.48 Å². The fourth-order valence-corrected chi connectivity index (χ4v) is 17.6. The number of nitrogens with zero attached hydrogens (tertiary/aromatic N) is 2. The molecule has 0 fully saturated rings. The van der Waals surface area contributed by atoms with E-state index in [0.29, 0.717) is 0 Å². The van der Waals surface area contributed by atoms with Gasteiger partial charge in [0.2, 0.25) is 0 Å². The normalized spacial score (nSPS) is 15.1. The summed E-state index contributed by atoms with van der Waals surface area (Å²) in [6.07, 6.45) is 9.04. The number of anilines is 6. The third-order valence-electron chi connectivity index (χ3n) is 23.8. The summed E-state index contributed by atoms with van der Waals surface area (Å²) in [6, 6.07) is 106. The molecule has 0 bridgehead atoms. The third-order valence-corrected chi connectivity index (χ3v) is 23.8. The number of rotatable bonds is 12. The van der Waals surface area contributed by atoms with Crippen molar-refractivity contribution in [2.45, 2.75) is 129 Å². The van der Waals surface area contributed by atoms with Gasteiger partial charge >= 0.3 is 0 Å². The van der Waals surface area contributed by atoms with Gasteiger partial charge in [-0.15, -0.1) is 0 Å². The lowest BCUT2D eigenvalue weighted by Gasteiger charge is -2.29. The fraction of sp³-hybridized carbons (Fsp3) is 0.196. The highest BCUT2D eigenvalue weighted by molar-refractivity contribution is 5.92. The molecule has 510 valence electrons. The van der Waals surface area contributed by atoms with Crippen molar-refractivity contribution in [2.75, 3.05) is 9.80 Å². The Kier molecular flexibility index (Phi) is 15.5. The van der Waals surface area contributed by atoms with Crippen LogP contribution in [-0.4, -0.2) is 0 Å². The van der Waals surface area contributed by atoms with E-state index < -0.39 is 0 Å². The Labute approximate surface area is 617 Å². The van der Waals surface area contributed by atoms with E-state index in [-0.39, 0.29) is 32.5 Å². The molecular weight excluding hydrogens is 1250 g/mol.